The molecule has 0 spiro atoms. The second-order valence-corrected chi connectivity index (χ2v) is 6.16. The summed E-state index contributed by atoms with van der Waals surface area (Å²) in [7, 11) is 0. The van der Waals surface area contributed by atoms with Crippen LogP contribution in [0.2, 0.25) is 0 Å². The second kappa shape index (κ2) is 2.17. The summed E-state index contributed by atoms with van der Waals surface area (Å²) >= 11 is 0.314. The molecule has 62 valence electrons. The van der Waals surface area contributed by atoms with Crippen LogP contribution in [0.15, 0.2) is 0 Å². The summed E-state index contributed by atoms with van der Waals surface area (Å²) in [5.41, 5.74) is 0. The van der Waals surface area contributed by atoms with Crippen molar-refractivity contribution in [3.05, 3.63) is 0 Å². The Labute approximate surface area is 71.1 Å². The van der Waals surface area contributed by atoms with E-state index in [1.165, 1.54) is 19.3 Å². The van der Waals surface area contributed by atoms with E-state index in [1.807, 2.05) is 0 Å². The maximum atomic E-state index is 5.77. The van der Waals surface area contributed by atoms with Gasteiger partial charge in [0.05, 0.1) is 0 Å². The average molecular weight is 171 g/mol. The van der Waals surface area contributed by atoms with E-state index in [9.17, 15) is 0 Å². The first kappa shape index (κ1) is 6.79. The number of fused-ring (bicyclic) bond motifs is 1. The van der Waals surface area contributed by atoms with Crippen molar-refractivity contribution in [3.8, 4) is 0 Å². The van der Waals surface area contributed by atoms with E-state index in [0.717, 1.165) is 29.6 Å². The predicted molar refractivity (Wildman–Crippen MR) is 47.4 cm³/mol. The molecule has 1 heterocycles. The molecule has 0 N–H and O–H groups in total. The van der Waals surface area contributed by atoms with Crippen LogP contribution in [0.5, 0.6) is 0 Å². The van der Waals surface area contributed by atoms with Crippen molar-refractivity contribution in [2.45, 2.75) is 24.5 Å². The fraction of sp³-hybridized carbons (Fsp3) is 1.00. The lowest BCUT2D eigenvalue weighted by molar-refractivity contribution is 0.183. The summed E-state index contributed by atoms with van der Waals surface area (Å²) < 4.78 is 5.77. The average Bonchev–Trinajstić information content (AvgIpc) is 2.54. The molecule has 3 rings (SSSR count). The third-order valence-electron chi connectivity index (χ3n) is 3.78. The van der Waals surface area contributed by atoms with E-state index >= 15 is 0 Å². The van der Waals surface area contributed by atoms with Crippen molar-refractivity contribution >= 4 is 11.2 Å². The first-order chi connectivity index (χ1) is 5.34. The molecule has 11 heavy (non-hydrogen) atoms. The van der Waals surface area contributed by atoms with Gasteiger partial charge in [0, 0.05) is 12.3 Å². The molecule has 2 bridgehead atoms. The van der Waals surface area contributed by atoms with Crippen LogP contribution in [0.1, 0.15) is 19.3 Å². The summed E-state index contributed by atoms with van der Waals surface area (Å²) in [6.45, 7) is 1.08. The number of rotatable bonds is 0. The third-order valence-corrected chi connectivity index (χ3v) is 5.69. The predicted octanol–water partition coefficient (Wildman–Crippen LogP) is 1.59. The van der Waals surface area contributed by atoms with Gasteiger partial charge in [0.2, 0.25) is 0 Å². The second-order valence-electron chi connectivity index (χ2n) is 4.32. The molecule has 0 aromatic carbocycles. The zero-order valence-electron chi connectivity index (χ0n) is 6.95. The van der Waals surface area contributed by atoms with Crippen LogP contribution in [0.25, 0.3) is 0 Å². The van der Waals surface area contributed by atoms with Gasteiger partial charge in [0.15, 0.2) is 5.25 Å². The first-order valence-corrected chi connectivity index (χ1v) is 6.24. The normalized spacial score (nSPS) is 60.3. The summed E-state index contributed by atoms with van der Waals surface area (Å²) in [4.78, 5) is 0. The fourth-order valence-electron chi connectivity index (χ4n) is 3.28. The summed E-state index contributed by atoms with van der Waals surface area (Å²) in [5, 5.41) is 0.965. The molecule has 3 fully saturated rings. The monoisotopic (exact) mass is 171 g/mol. The van der Waals surface area contributed by atoms with Crippen molar-refractivity contribution in [3.63, 3.8) is 0 Å². The molecule has 1 nitrogen and oxygen atoms in total. The van der Waals surface area contributed by atoms with Gasteiger partial charge in [-0.05, 0) is 24.7 Å². The van der Waals surface area contributed by atoms with E-state index in [2.05, 4.69) is 6.26 Å². The molecule has 5 unspecified atom stereocenters. The van der Waals surface area contributed by atoms with Gasteiger partial charge >= 0.3 is 0 Å². The standard InChI is InChI=1S/C9H15OS/c1-11-9-4-6-2-7(5-10-11)8(9)3-6/h6-9H,2-5H2,1H3/q+1. The smallest absolute Gasteiger partial charge is 0.154 e. The van der Waals surface area contributed by atoms with Crippen LogP contribution < -0.4 is 0 Å². The Morgan fingerprint density at radius 1 is 1.27 bits per heavy atom. The molecule has 0 radical (unpaired) electrons. The molecule has 0 amide bonds. The van der Waals surface area contributed by atoms with Crippen LogP contribution >= 0.6 is 0 Å². The minimum Gasteiger partial charge on any atom is -0.174 e. The van der Waals surface area contributed by atoms with Crippen LogP contribution in [0.4, 0.5) is 0 Å². The van der Waals surface area contributed by atoms with E-state index in [4.69, 9.17) is 4.18 Å². The highest BCUT2D eigenvalue weighted by Gasteiger charge is 2.56. The molecule has 0 aromatic rings. The quantitative estimate of drug-likeness (QED) is 0.503. The maximum Gasteiger partial charge on any atom is 0.154 e. The maximum absolute atomic E-state index is 5.77. The van der Waals surface area contributed by atoms with Crippen molar-refractivity contribution in [1.29, 1.82) is 0 Å². The van der Waals surface area contributed by atoms with E-state index in [-0.39, 0.29) is 0 Å². The molecule has 2 aliphatic carbocycles. The largest absolute Gasteiger partial charge is 0.174 e. The van der Waals surface area contributed by atoms with Crippen molar-refractivity contribution < 1.29 is 4.18 Å². The van der Waals surface area contributed by atoms with Crippen LogP contribution in [0.3, 0.4) is 0 Å². The Kier molecular flexibility index (Phi) is 1.34. The Hall–Kier alpha value is 0.310. The summed E-state index contributed by atoms with van der Waals surface area (Å²) in [6.07, 6.45) is 6.80. The summed E-state index contributed by atoms with van der Waals surface area (Å²) in [5.74, 6) is 3.12. The Balaban J connectivity index is 1.90. The van der Waals surface area contributed by atoms with Crippen molar-refractivity contribution in [1.82, 2.24) is 0 Å². The molecular formula is C9H15OS+. The van der Waals surface area contributed by atoms with E-state index < -0.39 is 0 Å². The highest BCUT2D eigenvalue weighted by Crippen LogP contribution is 2.53. The summed E-state index contributed by atoms with van der Waals surface area (Å²) in [6, 6.07) is 0. The lowest BCUT2D eigenvalue weighted by Crippen LogP contribution is -2.40. The van der Waals surface area contributed by atoms with Gasteiger partial charge in [-0.3, -0.25) is 0 Å². The minimum absolute atomic E-state index is 0.314. The topological polar surface area (TPSA) is 9.23 Å². The van der Waals surface area contributed by atoms with Crippen LogP contribution in [0, 0.1) is 17.8 Å². The van der Waals surface area contributed by atoms with Gasteiger partial charge in [0.1, 0.15) is 24.0 Å². The van der Waals surface area contributed by atoms with E-state index in [1.54, 1.807) is 0 Å². The SMILES string of the molecule is C[S+]1OCC2CC3CC2C1C3. The van der Waals surface area contributed by atoms with Crippen molar-refractivity contribution in [2.24, 2.45) is 17.8 Å². The lowest BCUT2D eigenvalue weighted by Gasteiger charge is -2.31. The molecule has 1 saturated heterocycles. The Morgan fingerprint density at radius 3 is 2.91 bits per heavy atom. The Bertz CT molecular complexity index is 182. The number of hydrogen-bond acceptors (Lipinski definition) is 1. The Morgan fingerprint density at radius 2 is 2.18 bits per heavy atom. The van der Waals surface area contributed by atoms with Gasteiger partial charge in [0.25, 0.3) is 0 Å². The molecular weight excluding hydrogens is 156 g/mol. The van der Waals surface area contributed by atoms with Crippen LogP contribution in [-0.4, -0.2) is 18.1 Å². The third kappa shape index (κ3) is 0.829. The zero-order chi connectivity index (χ0) is 7.42. The fourth-order valence-corrected chi connectivity index (χ4v) is 5.22. The van der Waals surface area contributed by atoms with Crippen LogP contribution in [-0.2, 0) is 15.4 Å². The number of hydrogen-bond donors (Lipinski definition) is 0. The molecule has 5 atom stereocenters. The van der Waals surface area contributed by atoms with Gasteiger partial charge < -0.3 is 0 Å². The lowest BCUT2D eigenvalue weighted by atomic mass is 9.89. The van der Waals surface area contributed by atoms with Gasteiger partial charge in [-0.15, -0.1) is 0 Å². The molecule has 2 saturated carbocycles. The first-order valence-electron chi connectivity index (χ1n) is 4.62. The molecule has 3 aliphatic rings. The van der Waals surface area contributed by atoms with Gasteiger partial charge in [-0.2, -0.15) is 4.18 Å². The zero-order valence-corrected chi connectivity index (χ0v) is 7.77. The van der Waals surface area contributed by atoms with Gasteiger partial charge in [-0.1, -0.05) is 0 Å². The molecule has 1 aliphatic heterocycles. The van der Waals surface area contributed by atoms with E-state index in [0.29, 0.717) is 11.2 Å². The van der Waals surface area contributed by atoms with Gasteiger partial charge in [-0.25, -0.2) is 0 Å². The highest BCUT2D eigenvalue weighted by molar-refractivity contribution is 7.92. The molecule has 0 aromatic heterocycles. The molecule has 2 heteroatoms. The van der Waals surface area contributed by atoms with Crippen molar-refractivity contribution in [2.75, 3.05) is 12.9 Å². The highest BCUT2D eigenvalue weighted by atomic mass is 32.2. The minimum atomic E-state index is 0.314.